The van der Waals surface area contributed by atoms with Crippen LogP contribution in [0.3, 0.4) is 0 Å². The van der Waals surface area contributed by atoms with Gasteiger partial charge in [0.25, 0.3) is 0 Å². The van der Waals surface area contributed by atoms with E-state index in [1.54, 1.807) is 4.90 Å². The van der Waals surface area contributed by atoms with Crippen LogP contribution < -0.4 is 11.1 Å². The first-order valence-electron chi connectivity index (χ1n) is 5.57. The number of amides is 2. The minimum absolute atomic E-state index is 0.133. The second-order valence-corrected chi connectivity index (χ2v) is 4.44. The molecule has 0 aromatic carbocycles. The second kappa shape index (κ2) is 5.13. The van der Waals surface area contributed by atoms with Gasteiger partial charge in [-0.2, -0.15) is 5.10 Å². The third-order valence-electron chi connectivity index (χ3n) is 2.78. The third kappa shape index (κ3) is 2.73. The maximum Gasteiger partial charge on any atom is 0.323 e. The molecule has 17 heavy (non-hydrogen) atoms. The number of hydrogen-bond acceptors (Lipinski definition) is 3. The smallest absolute Gasteiger partial charge is 0.323 e. The number of nitrogens with two attached hydrogens (primary N) is 1. The van der Waals surface area contributed by atoms with Crippen molar-refractivity contribution < 1.29 is 4.79 Å². The first-order valence-corrected chi connectivity index (χ1v) is 5.98. The van der Waals surface area contributed by atoms with Crippen LogP contribution in [0, 0.1) is 0 Å². The van der Waals surface area contributed by atoms with E-state index in [1.807, 2.05) is 0 Å². The van der Waals surface area contributed by atoms with Gasteiger partial charge in [-0.3, -0.25) is 10.4 Å². The van der Waals surface area contributed by atoms with E-state index in [-0.39, 0.29) is 11.0 Å². The number of nitrogens with one attached hydrogen (secondary N) is 2. The minimum Gasteiger partial charge on any atom is -0.389 e. The Balaban J connectivity index is 2.02. The number of carbonyl (C=O) groups excluding carboxylic acids is 1. The van der Waals surface area contributed by atoms with Gasteiger partial charge in [0.1, 0.15) is 10.8 Å². The lowest BCUT2D eigenvalue weighted by atomic mass is 10.1. The molecule has 7 heteroatoms. The molecular formula is C10H15N5OS. The van der Waals surface area contributed by atoms with Gasteiger partial charge in [0, 0.05) is 13.1 Å². The molecule has 2 amide bonds. The second-order valence-electron chi connectivity index (χ2n) is 4.00. The molecule has 2 rings (SSSR count). The SMILES string of the molecule is NC(=S)c1cn[nH]c1NC(=O)N1CCCCC1. The van der Waals surface area contributed by atoms with Crippen molar-refractivity contribution in [2.45, 2.75) is 19.3 Å². The molecule has 0 unspecified atom stereocenters. The van der Waals surface area contributed by atoms with Crippen LogP contribution in [0.15, 0.2) is 6.20 Å². The summed E-state index contributed by atoms with van der Waals surface area (Å²) in [6.45, 7) is 1.59. The number of hydrogen-bond donors (Lipinski definition) is 3. The largest absolute Gasteiger partial charge is 0.389 e. The molecular weight excluding hydrogens is 238 g/mol. The fourth-order valence-electron chi connectivity index (χ4n) is 1.85. The Hall–Kier alpha value is -1.63. The summed E-state index contributed by atoms with van der Waals surface area (Å²) < 4.78 is 0. The molecule has 0 spiro atoms. The number of nitrogens with zero attached hydrogens (tertiary/aromatic N) is 2. The van der Waals surface area contributed by atoms with Crippen LogP contribution >= 0.6 is 12.2 Å². The molecule has 1 aliphatic heterocycles. The molecule has 1 aliphatic rings. The van der Waals surface area contributed by atoms with Gasteiger partial charge in [-0.1, -0.05) is 12.2 Å². The predicted octanol–water partition coefficient (Wildman–Crippen LogP) is 1.06. The summed E-state index contributed by atoms with van der Waals surface area (Å²) in [6, 6.07) is -0.133. The average molecular weight is 253 g/mol. The number of thiocarbonyl (C=S) groups is 1. The molecule has 92 valence electrons. The Morgan fingerprint density at radius 1 is 1.47 bits per heavy atom. The van der Waals surface area contributed by atoms with Crippen molar-refractivity contribution in [3.05, 3.63) is 11.8 Å². The highest BCUT2D eigenvalue weighted by atomic mass is 32.1. The van der Waals surface area contributed by atoms with E-state index in [4.69, 9.17) is 18.0 Å². The normalized spacial score (nSPS) is 15.6. The van der Waals surface area contributed by atoms with Crippen molar-refractivity contribution in [1.29, 1.82) is 0 Å². The predicted molar refractivity (Wildman–Crippen MR) is 68.9 cm³/mol. The maximum absolute atomic E-state index is 11.9. The first kappa shape index (κ1) is 11.8. The zero-order valence-electron chi connectivity index (χ0n) is 9.40. The zero-order chi connectivity index (χ0) is 12.3. The third-order valence-corrected chi connectivity index (χ3v) is 3.00. The lowest BCUT2D eigenvalue weighted by Crippen LogP contribution is -2.39. The Labute approximate surface area is 105 Å². The van der Waals surface area contributed by atoms with E-state index in [1.165, 1.54) is 12.6 Å². The number of anilines is 1. The summed E-state index contributed by atoms with van der Waals surface area (Å²) in [6.07, 6.45) is 4.80. The Kier molecular flexibility index (Phi) is 3.58. The summed E-state index contributed by atoms with van der Waals surface area (Å²) in [5.41, 5.74) is 6.08. The summed E-state index contributed by atoms with van der Waals surface area (Å²) in [7, 11) is 0. The van der Waals surface area contributed by atoms with Crippen LogP contribution in [0.4, 0.5) is 10.6 Å². The van der Waals surface area contributed by atoms with E-state index < -0.39 is 0 Å². The van der Waals surface area contributed by atoms with Crippen LogP contribution in [-0.4, -0.2) is 39.2 Å². The molecule has 4 N–H and O–H groups in total. The van der Waals surface area contributed by atoms with Gasteiger partial charge in [-0.15, -0.1) is 0 Å². The Morgan fingerprint density at radius 3 is 2.82 bits per heavy atom. The molecule has 0 saturated carbocycles. The number of aromatic nitrogens is 2. The van der Waals surface area contributed by atoms with E-state index in [0.717, 1.165) is 25.9 Å². The highest BCUT2D eigenvalue weighted by Crippen LogP contribution is 2.14. The van der Waals surface area contributed by atoms with E-state index >= 15 is 0 Å². The fraction of sp³-hybridized carbons (Fsp3) is 0.500. The fourth-order valence-corrected chi connectivity index (χ4v) is 2.01. The van der Waals surface area contributed by atoms with E-state index in [2.05, 4.69) is 15.5 Å². The minimum atomic E-state index is -0.133. The molecule has 1 aromatic heterocycles. The summed E-state index contributed by atoms with van der Waals surface area (Å²) in [5.74, 6) is 0.466. The summed E-state index contributed by atoms with van der Waals surface area (Å²) >= 11 is 4.87. The standard InChI is InChI=1S/C10H15N5OS/c11-8(17)7-6-12-14-9(7)13-10(16)15-4-2-1-3-5-15/h6H,1-5H2,(H2,11,17)(H2,12,13,14,16). The van der Waals surface area contributed by atoms with E-state index in [0.29, 0.717) is 11.4 Å². The van der Waals surface area contributed by atoms with Crippen molar-refractivity contribution in [2.24, 2.45) is 5.73 Å². The highest BCUT2D eigenvalue weighted by molar-refractivity contribution is 7.80. The van der Waals surface area contributed by atoms with Crippen molar-refractivity contribution >= 4 is 29.1 Å². The molecule has 0 atom stereocenters. The monoisotopic (exact) mass is 253 g/mol. The number of piperidine rings is 1. The van der Waals surface area contributed by atoms with Crippen LogP contribution in [0.2, 0.25) is 0 Å². The van der Waals surface area contributed by atoms with Crippen molar-refractivity contribution in [1.82, 2.24) is 15.1 Å². The first-order chi connectivity index (χ1) is 8.18. The molecule has 0 aliphatic carbocycles. The molecule has 1 fully saturated rings. The van der Waals surface area contributed by atoms with Crippen molar-refractivity contribution in [3.8, 4) is 0 Å². The Morgan fingerprint density at radius 2 is 2.18 bits per heavy atom. The zero-order valence-corrected chi connectivity index (χ0v) is 10.2. The number of H-pyrrole nitrogens is 1. The van der Waals surface area contributed by atoms with Crippen LogP contribution in [-0.2, 0) is 0 Å². The Bertz CT molecular complexity index is 424. The average Bonchev–Trinajstić information content (AvgIpc) is 2.78. The van der Waals surface area contributed by atoms with Gasteiger partial charge in [0.05, 0.1) is 11.8 Å². The van der Waals surface area contributed by atoms with Crippen molar-refractivity contribution in [3.63, 3.8) is 0 Å². The van der Waals surface area contributed by atoms with Crippen molar-refractivity contribution in [2.75, 3.05) is 18.4 Å². The summed E-state index contributed by atoms with van der Waals surface area (Å²) in [5, 5.41) is 9.24. The van der Waals surface area contributed by atoms with Crippen LogP contribution in [0.5, 0.6) is 0 Å². The van der Waals surface area contributed by atoms with Gasteiger partial charge in [0.2, 0.25) is 0 Å². The van der Waals surface area contributed by atoms with Gasteiger partial charge in [-0.25, -0.2) is 4.79 Å². The number of likely N-dealkylation sites (tertiary alicyclic amines) is 1. The summed E-state index contributed by atoms with van der Waals surface area (Å²) in [4.78, 5) is 13.9. The lowest BCUT2D eigenvalue weighted by Gasteiger charge is -2.26. The maximum atomic E-state index is 11.9. The molecule has 0 bridgehead atoms. The van der Waals surface area contributed by atoms with Crippen LogP contribution in [0.25, 0.3) is 0 Å². The van der Waals surface area contributed by atoms with Crippen LogP contribution in [0.1, 0.15) is 24.8 Å². The van der Waals surface area contributed by atoms with E-state index in [9.17, 15) is 4.79 Å². The van der Waals surface area contributed by atoms with Gasteiger partial charge < -0.3 is 10.6 Å². The molecule has 0 radical (unpaired) electrons. The molecule has 1 aromatic rings. The lowest BCUT2D eigenvalue weighted by molar-refractivity contribution is 0.200. The van der Waals surface area contributed by atoms with Gasteiger partial charge in [0.15, 0.2) is 0 Å². The molecule has 2 heterocycles. The van der Waals surface area contributed by atoms with Gasteiger partial charge >= 0.3 is 6.03 Å². The number of rotatable bonds is 2. The molecule has 1 saturated heterocycles. The highest BCUT2D eigenvalue weighted by Gasteiger charge is 2.18. The quantitative estimate of drug-likeness (QED) is 0.688. The molecule has 6 nitrogen and oxygen atoms in total. The topological polar surface area (TPSA) is 87.0 Å². The number of aromatic amines is 1. The number of urea groups is 1. The number of carbonyl (C=O) groups is 1. The van der Waals surface area contributed by atoms with Gasteiger partial charge in [-0.05, 0) is 19.3 Å².